The van der Waals surface area contributed by atoms with Crippen molar-refractivity contribution in [3.8, 4) is 0 Å². The number of esters is 1. The first-order valence-electron chi connectivity index (χ1n) is 8.70. The van der Waals surface area contributed by atoms with Crippen molar-refractivity contribution in [2.75, 3.05) is 7.11 Å². The molecular formula is C20H18ClN3O3. The van der Waals surface area contributed by atoms with Crippen molar-refractivity contribution in [2.45, 2.75) is 25.3 Å². The van der Waals surface area contributed by atoms with E-state index in [1.165, 1.54) is 25.5 Å². The highest BCUT2D eigenvalue weighted by Gasteiger charge is 2.26. The number of nitrogens with one attached hydrogen (secondary N) is 2. The predicted molar refractivity (Wildman–Crippen MR) is 102 cm³/mol. The molecule has 1 saturated carbocycles. The Labute approximate surface area is 160 Å². The second-order valence-corrected chi connectivity index (χ2v) is 6.98. The third-order valence-electron chi connectivity index (χ3n) is 4.67. The molecule has 27 heavy (non-hydrogen) atoms. The molecule has 0 bridgehead atoms. The van der Waals surface area contributed by atoms with Crippen LogP contribution >= 0.6 is 11.6 Å². The molecule has 0 spiro atoms. The maximum atomic E-state index is 12.5. The third kappa shape index (κ3) is 3.53. The average molecular weight is 384 g/mol. The number of amides is 1. The molecule has 0 unspecified atom stereocenters. The summed E-state index contributed by atoms with van der Waals surface area (Å²) in [6.07, 6.45) is 2.41. The van der Waals surface area contributed by atoms with Crippen molar-refractivity contribution in [1.82, 2.24) is 15.3 Å². The van der Waals surface area contributed by atoms with Gasteiger partial charge in [-0.05, 0) is 48.6 Å². The zero-order chi connectivity index (χ0) is 19.0. The smallest absolute Gasteiger partial charge is 0.358 e. The minimum Gasteiger partial charge on any atom is -0.464 e. The lowest BCUT2D eigenvalue weighted by atomic mass is 10.1. The van der Waals surface area contributed by atoms with E-state index < -0.39 is 5.97 Å². The molecule has 1 amide bonds. The van der Waals surface area contributed by atoms with Crippen LogP contribution in [0.4, 0.5) is 0 Å². The number of ether oxygens (including phenoxy) is 1. The fraction of sp³-hybridized carbons (Fsp3) is 0.250. The van der Waals surface area contributed by atoms with Crippen molar-refractivity contribution in [2.24, 2.45) is 0 Å². The van der Waals surface area contributed by atoms with Crippen LogP contribution in [0, 0.1) is 0 Å². The number of aromatic amines is 1. The first-order chi connectivity index (χ1) is 13.1. The van der Waals surface area contributed by atoms with Crippen molar-refractivity contribution in [3.05, 3.63) is 64.1 Å². The number of rotatable bonds is 5. The summed E-state index contributed by atoms with van der Waals surface area (Å²) in [5.41, 5.74) is 3.31. The van der Waals surface area contributed by atoms with Gasteiger partial charge in [0.2, 0.25) is 0 Å². The molecule has 0 saturated heterocycles. The molecule has 2 N–H and O–H groups in total. The average Bonchev–Trinajstić information content (AvgIpc) is 3.43. The van der Waals surface area contributed by atoms with Gasteiger partial charge in [-0.15, -0.1) is 0 Å². The zero-order valence-corrected chi connectivity index (χ0v) is 15.5. The van der Waals surface area contributed by atoms with Crippen molar-refractivity contribution >= 4 is 34.4 Å². The van der Waals surface area contributed by atoms with Gasteiger partial charge in [-0.2, -0.15) is 0 Å². The molecule has 3 aromatic rings. The van der Waals surface area contributed by atoms with E-state index in [0.717, 1.165) is 10.9 Å². The van der Waals surface area contributed by atoms with Gasteiger partial charge in [-0.1, -0.05) is 23.7 Å². The maximum absolute atomic E-state index is 12.5. The summed E-state index contributed by atoms with van der Waals surface area (Å²) in [5, 5.41) is 4.12. The summed E-state index contributed by atoms with van der Waals surface area (Å²) >= 11 is 5.96. The summed E-state index contributed by atoms with van der Waals surface area (Å²) in [4.78, 5) is 31.6. The Balaban J connectivity index is 1.51. The number of pyridine rings is 1. The van der Waals surface area contributed by atoms with E-state index in [-0.39, 0.29) is 23.2 Å². The van der Waals surface area contributed by atoms with Gasteiger partial charge in [0.25, 0.3) is 5.91 Å². The summed E-state index contributed by atoms with van der Waals surface area (Å²) in [5.74, 6) is -0.240. The molecule has 6 nitrogen and oxygen atoms in total. The van der Waals surface area contributed by atoms with Crippen molar-refractivity contribution < 1.29 is 14.3 Å². The highest BCUT2D eigenvalue weighted by Crippen LogP contribution is 2.43. The second kappa shape index (κ2) is 7.04. The van der Waals surface area contributed by atoms with Gasteiger partial charge < -0.3 is 15.0 Å². The van der Waals surface area contributed by atoms with E-state index in [4.69, 9.17) is 11.6 Å². The van der Waals surface area contributed by atoms with Crippen molar-refractivity contribution in [1.29, 1.82) is 0 Å². The van der Waals surface area contributed by atoms with Crippen LogP contribution in [0.2, 0.25) is 5.02 Å². The molecule has 1 fully saturated rings. The molecule has 138 valence electrons. The molecule has 1 aliphatic carbocycles. The maximum Gasteiger partial charge on any atom is 0.358 e. The van der Waals surface area contributed by atoms with Crippen molar-refractivity contribution in [3.63, 3.8) is 0 Å². The summed E-state index contributed by atoms with van der Waals surface area (Å²) < 4.78 is 4.66. The quantitative estimate of drug-likeness (QED) is 0.656. The summed E-state index contributed by atoms with van der Waals surface area (Å²) in [6.45, 7) is 0.171. The van der Waals surface area contributed by atoms with Gasteiger partial charge in [0, 0.05) is 10.9 Å². The van der Waals surface area contributed by atoms with Gasteiger partial charge >= 0.3 is 5.97 Å². The molecule has 0 atom stereocenters. The minimum absolute atomic E-state index is 0.0330. The molecule has 2 heterocycles. The van der Waals surface area contributed by atoms with Crippen LogP contribution in [0.5, 0.6) is 0 Å². The lowest BCUT2D eigenvalue weighted by molar-refractivity contribution is 0.0594. The summed E-state index contributed by atoms with van der Waals surface area (Å²) in [6, 6.07) is 11.2. The van der Waals surface area contributed by atoms with Gasteiger partial charge in [0.15, 0.2) is 5.69 Å². The van der Waals surface area contributed by atoms with E-state index >= 15 is 0 Å². The van der Waals surface area contributed by atoms with Crippen LogP contribution in [-0.2, 0) is 11.3 Å². The number of hydrogen-bond donors (Lipinski definition) is 2. The van der Waals surface area contributed by atoms with Gasteiger partial charge in [-0.25, -0.2) is 9.78 Å². The highest BCUT2D eigenvalue weighted by molar-refractivity contribution is 6.33. The number of halogens is 1. The largest absolute Gasteiger partial charge is 0.464 e. The van der Waals surface area contributed by atoms with Gasteiger partial charge in [-0.3, -0.25) is 4.79 Å². The Morgan fingerprint density at radius 3 is 2.85 bits per heavy atom. The van der Waals surface area contributed by atoms with E-state index in [0.29, 0.717) is 17.3 Å². The number of methoxy groups -OCH3 is 1. The monoisotopic (exact) mass is 383 g/mol. The fourth-order valence-electron chi connectivity index (χ4n) is 3.14. The Bertz CT molecular complexity index is 1040. The number of aromatic nitrogens is 2. The van der Waals surface area contributed by atoms with Crippen LogP contribution in [0.1, 0.15) is 51.0 Å². The lowest BCUT2D eigenvalue weighted by Gasteiger charge is -2.06. The number of carbonyl (C=O) groups excluding carboxylic acids is 2. The van der Waals surface area contributed by atoms with E-state index in [1.54, 1.807) is 12.1 Å². The van der Waals surface area contributed by atoms with E-state index in [2.05, 4.69) is 26.1 Å². The van der Waals surface area contributed by atoms with Crippen LogP contribution in [0.3, 0.4) is 0 Å². The first-order valence-corrected chi connectivity index (χ1v) is 9.08. The highest BCUT2D eigenvalue weighted by atomic mass is 35.5. The topological polar surface area (TPSA) is 84.1 Å². The van der Waals surface area contributed by atoms with E-state index in [9.17, 15) is 9.59 Å². The molecule has 1 aliphatic rings. The summed E-state index contributed by atoms with van der Waals surface area (Å²) in [7, 11) is 1.26. The predicted octanol–water partition coefficient (Wildman–Crippen LogP) is 3.81. The molecule has 2 aromatic heterocycles. The zero-order valence-electron chi connectivity index (χ0n) is 14.7. The number of nitrogens with zero attached hydrogens (tertiary/aromatic N) is 1. The molecule has 0 aliphatic heterocycles. The minimum atomic E-state index is -0.614. The molecular weight excluding hydrogens is 366 g/mol. The fourth-order valence-corrected chi connectivity index (χ4v) is 3.32. The van der Waals surface area contributed by atoms with Gasteiger partial charge in [0.05, 0.1) is 24.4 Å². The molecule has 4 rings (SSSR count). The van der Waals surface area contributed by atoms with E-state index in [1.807, 2.05) is 18.2 Å². The Morgan fingerprint density at radius 2 is 2.11 bits per heavy atom. The van der Waals surface area contributed by atoms with Crippen LogP contribution in [0.25, 0.3) is 10.9 Å². The van der Waals surface area contributed by atoms with Crippen LogP contribution in [-0.4, -0.2) is 29.0 Å². The third-order valence-corrected chi connectivity index (χ3v) is 4.98. The molecule has 7 heteroatoms. The Morgan fingerprint density at radius 1 is 1.30 bits per heavy atom. The first kappa shape index (κ1) is 17.5. The second-order valence-electron chi connectivity index (χ2n) is 6.57. The Hall–Kier alpha value is -2.86. The number of benzene rings is 1. The lowest BCUT2D eigenvalue weighted by Crippen LogP contribution is -2.24. The number of fused-ring (bicyclic) bond motifs is 1. The number of hydrogen-bond acceptors (Lipinski definition) is 4. The molecule has 1 aromatic carbocycles. The standard InChI is InChI=1S/C20H18ClN3O3/c1-27-20(26)18-15(21)8-7-12(23-18)10-22-19(25)17-9-14-13(11-5-6-11)3-2-4-16(14)24-17/h2-4,7-9,11,24H,5-6,10H2,1H3,(H,22,25). The SMILES string of the molecule is COC(=O)c1nc(CNC(=O)c2cc3c(C4CC4)cccc3[nH]2)ccc1Cl. The number of H-pyrrole nitrogens is 1. The Kier molecular flexibility index (Phi) is 4.58. The molecule has 0 radical (unpaired) electrons. The number of carbonyl (C=O) groups is 2. The normalized spacial score (nSPS) is 13.6. The van der Waals surface area contributed by atoms with Crippen LogP contribution < -0.4 is 5.32 Å². The van der Waals surface area contributed by atoms with Gasteiger partial charge in [0.1, 0.15) is 5.69 Å². The van der Waals surface area contributed by atoms with Crippen LogP contribution in [0.15, 0.2) is 36.4 Å².